The van der Waals surface area contributed by atoms with Gasteiger partial charge in [0.05, 0.1) is 19.8 Å². The molecule has 0 radical (unpaired) electrons. The Hall–Kier alpha value is -1.82. The minimum absolute atomic E-state index is 0.624. The smallest absolute Gasteiger partial charge is 0.191 e. The van der Waals surface area contributed by atoms with Crippen LogP contribution in [0.2, 0.25) is 0 Å². The van der Waals surface area contributed by atoms with Crippen LogP contribution in [-0.4, -0.2) is 50.3 Å². The second-order valence-electron chi connectivity index (χ2n) is 6.34. The molecule has 1 aliphatic rings. The predicted octanol–water partition coefficient (Wildman–Crippen LogP) is 2.41. The third kappa shape index (κ3) is 6.20. The van der Waals surface area contributed by atoms with Gasteiger partial charge in [0.15, 0.2) is 5.96 Å². The summed E-state index contributed by atoms with van der Waals surface area (Å²) in [6, 6.07) is 4.10. The first kappa shape index (κ1) is 19.5. The molecule has 6 heteroatoms. The molecule has 6 nitrogen and oxygen atoms in total. The van der Waals surface area contributed by atoms with Gasteiger partial charge < -0.3 is 20.3 Å². The molecule has 2 rings (SSSR count). The van der Waals surface area contributed by atoms with Crippen molar-refractivity contribution in [3.63, 3.8) is 0 Å². The highest BCUT2D eigenvalue weighted by molar-refractivity contribution is 5.79. The topological polar surface area (TPSA) is 61.8 Å². The fourth-order valence-corrected chi connectivity index (χ4v) is 2.94. The highest BCUT2D eigenvalue weighted by Crippen LogP contribution is 2.19. The summed E-state index contributed by atoms with van der Waals surface area (Å²) in [5, 5.41) is 6.82. The van der Waals surface area contributed by atoms with Crippen LogP contribution in [0.25, 0.3) is 0 Å². The van der Waals surface area contributed by atoms with E-state index < -0.39 is 0 Å². The summed E-state index contributed by atoms with van der Waals surface area (Å²) in [7, 11) is 0. The van der Waals surface area contributed by atoms with Gasteiger partial charge in [0, 0.05) is 37.9 Å². The van der Waals surface area contributed by atoms with Gasteiger partial charge in [-0.15, -0.1) is 0 Å². The molecule has 1 aromatic heterocycles. The van der Waals surface area contributed by atoms with Crippen molar-refractivity contribution >= 4 is 11.8 Å². The lowest BCUT2D eigenvalue weighted by atomic mass is 10.0. The van der Waals surface area contributed by atoms with Gasteiger partial charge in [-0.25, -0.2) is 9.98 Å². The average Bonchev–Trinajstić information content (AvgIpc) is 2.67. The van der Waals surface area contributed by atoms with Gasteiger partial charge in [-0.1, -0.05) is 32.8 Å². The molecule has 0 atom stereocenters. The molecule has 0 aromatic carbocycles. The number of aromatic nitrogens is 1. The number of anilines is 1. The molecule has 0 unspecified atom stereocenters. The van der Waals surface area contributed by atoms with E-state index in [1.165, 1.54) is 12.8 Å². The summed E-state index contributed by atoms with van der Waals surface area (Å²) >= 11 is 0. The maximum Gasteiger partial charge on any atom is 0.191 e. The number of ether oxygens (including phenoxy) is 1. The van der Waals surface area contributed by atoms with Crippen molar-refractivity contribution < 1.29 is 4.74 Å². The normalized spacial score (nSPS) is 15.5. The molecule has 0 bridgehead atoms. The van der Waals surface area contributed by atoms with E-state index in [1.54, 1.807) is 0 Å². The van der Waals surface area contributed by atoms with Gasteiger partial charge in [0.1, 0.15) is 5.82 Å². The number of hydrogen-bond acceptors (Lipinski definition) is 4. The lowest BCUT2D eigenvalue weighted by molar-refractivity contribution is 0.122. The maximum atomic E-state index is 5.45. The molecule has 0 aliphatic carbocycles. The number of aliphatic imine (C=N–C) groups is 1. The van der Waals surface area contributed by atoms with E-state index in [4.69, 9.17) is 9.73 Å². The lowest BCUT2D eigenvalue weighted by Gasteiger charge is -2.29. The number of guanidine groups is 1. The molecule has 25 heavy (non-hydrogen) atoms. The zero-order valence-corrected chi connectivity index (χ0v) is 15.9. The van der Waals surface area contributed by atoms with Crippen molar-refractivity contribution in [3.8, 4) is 0 Å². The summed E-state index contributed by atoms with van der Waals surface area (Å²) < 4.78 is 5.45. The first-order valence-electron chi connectivity index (χ1n) is 9.57. The summed E-state index contributed by atoms with van der Waals surface area (Å²) in [6.07, 6.45) is 4.23. The monoisotopic (exact) mass is 347 g/mol. The first-order chi connectivity index (χ1) is 12.3. The summed E-state index contributed by atoms with van der Waals surface area (Å²) in [6.45, 7) is 12.3. The zero-order valence-electron chi connectivity index (χ0n) is 15.9. The van der Waals surface area contributed by atoms with Gasteiger partial charge >= 0.3 is 0 Å². The second kappa shape index (κ2) is 10.9. The van der Waals surface area contributed by atoms with Crippen LogP contribution in [0.4, 0.5) is 5.82 Å². The Morgan fingerprint density at radius 1 is 1.24 bits per heavy atom. The maximum absolute atomic E-state index is 5.45. The van der Waals surface area contributed by atoms with Crippen molar-refractivity contribution in [2.45, 2.75) is 40.2 Å². The summed E-state index contributed by atoms with van der Waals surface area (Å²) in [4.78, 5) is 11.7. The molecule has 140 valence electrons. The van der Waals surface area contributed by atoms with E-state index in [0.717, 1.165) is 56.7 Å². The lowest BCUT2D eigenvalue weighted by Crippen LogP contribution is -2.40. The average molecular weight is 348 g/mol. The molecule has 0 saturated carbocycles. The Morgan fingerprint density at radius 2 is 2.00 bits per heavy atom. The van der Waals surface area contributed by atoms with Crippen molar-refractivity contribution in [1.82, 2.24) is 15.6 Å². The molecule has 1 aliphatic heterocycles. The quantitative estimate of drug-likeness (QED) is 0.559. The Bertz CT molecular complexity index is 524. The molecule has 2 heterocycles. The largest absolute Gasteiger partial charge is 0.378 e. The Morgan fingerprint density at radius 3 is 2.68 bits per heavy atom. The van der Waals surface area contributed by atoms with Crippen molar-refractivity contribution in [2.75, 3.05) is 44.3 Å². The fraction of sp³-hybridized carbons (Fsp3) is 0.684. The number of rotatable bonds is 8. The van der Waals surface area contributed by atoms with Crippen LogP contribution < -0.4 is 15.5 Å². The van der Waals surface area contributed by atoms with Crippen LogP contribution in [0.15, 0.2) is 23.3 Å². The highest BCUT2D eigenvalue weighted by atomic mass is 16.5. The standard InChI is InChI=1S/C19H33N5O/c1-4-16(5-2)14-22-19(20-6-3)23-15-17-8-7-9-21-18(17)24-10-12-25-13-11-24/h7-9,16H,4-6,10-15H2,1-3H3,(H2,20,22,23). The summed E-state index contributed by atoms with van der Waals surface area (Å²) in [5.41, 5.74) is 1.16. The van der Waals surface area contributed by atoms with Gasteiger partial charge in [-0.3, -0.25) is 0 Å². The summed E-state index contributed by atoms with van der Waals surface area (Å²) in [5.74, 6) is 2.60. The van der Waals surface area contributed by atoms with Crippen molar-refractivity contribution in [2.24, 2.45) is 10.9 Å². The van der Waals surface area contributed by atoms with E-state index in [-0.39, 0.29) is 0 Å². The third-order valence-corrected chi connectivity index (χ3v) is 4.64. The number of morpholine rings is 1. The molecular weight excluding hydrogens is 314 g/mol. The van der Waals surface area contributed by atoms with Gasteiger partial charge in [-0.05, 0) is 18.9 Å². The van der Waals surface area contributed by atoms with Crippen LogP contribution in [0, 0.1) is 5.92 Å². The second-order valence-corrected chi connectivity index (χ2v) is 6.34. The first-order valence-corrected chi connectivity index (χ1v) is 9.57. The van der Waals surface area contributed by atoms with Crippen molar-refractivity contribution in [3.05, 3.63) is 23.9 Å². The molecule has 0 amide bonds. The van der Waals surface area contributed by atoms with Crippen LogP contribution >= 0.6 is 0 Å². The minimum Gasteiger partial charge on any atom is -0.378 e. The van der Waals surface area contributed by atoms with Crippen molar-refractivity contribution in [1.29, 1.82) is 0 Å². The third-order valence-electron chi connectivity index (χ3n) is 4.64. The molecular formula is C19H33N5O. The Labute approximate surface area is 152 Å². The molecule has 1 fully saturated rings. The molecule has 0 spiro atoms. The molecule has 1 saturated heterocycles. The van der Waals surface area contributed by atoms with Crippen LogP contribution in [-0.2, 0) is 11.3 Å². The number of hydrogen-bond donors (Lipinski definition) is 2. The molecule has 1 aromatic rings. The van der Waals surface area contributed by atoms with Crippen LogP contribution in [0.5, 0.6) is 0 Å². The van der Waals surface area contributed by atoms with Gasteiger partial charge in [0.25, 0.3) is 0 Å². The number of nitrogens with zero attached hydrogens (tertiary/aromatic N) is 3. The van der Waals surface area contributed by atoms with E-state index in [0.29, 0.717) is 12.5 Å². The predicted molar refractivity (Wildman–Crippen MR) is 104 cm³/mol. The Kier molecular flexibility index (Phi) is 8.52. The van der Waals surface area contributed by atoms with Gasteiger partial charge in [-0.2, -0.15) is 0 Å². The molecule has 2 N–H and O–H groups in total. The number of pyridine rings is 1. The van der Waals surface area contributed by atoms with Crippen LogP contribution in [0.1, 0.15) is 39.2 Å². The Balaban J connectivity index is 2.03. The van der Waals surface area contributed by atoms with Crippen LogP contribution in [0.3, 0.4) is 0 Å². The van der Waals surface area contributed by atoms with E-state index in [2.05, 4.69) is 47.4 Å². The van der Waals surface area contributed by atoms with E-state index in [1.807, 2.05) is 12.3 Å². The van der Waals surface area contributed by atoms with E-state index in [9.17, 15) is 0 Å². The number of nitrogens with one attached hydrogen (secondary N) is 2. The highest BCUT2D eigenvalue weighted by Gasteiger charge is 2.15. The minimum atomic E-state index is 0.624. The zero-order chi connectivity index (χ0) is 17.9. The van der Waals surface area contributed by atoms with E-state index >= 15 is 0 Å². The SMILES string of the molecule is CCNC(=NCc1cccnc1N1CCOCC1)NCC(CC)CC. The van der Waals surface area contributed by atoms with Gasteiger partial charge in [0.2, 0.25) is 0 Å². The fourth-order valence-electron chi connectivity index (χ4n) is 2.94.